The second-order valence-electron chi connectivity index (χ2n) is 33.5. The molecule has 0 amide bonds. The lowest BCUT2D eigenvalue weighted by Crippen LogP contribution is -2.51. The molecule has 4 saturated heterocycles. The summed E-state index contributed by atoms with van der Waals surface area (Å²) in [6.07, 6.45) is -0.524. The molecule has 24 nitrogen and oxygen atoms in total. The van der Waals surface area contributed by atoms with Gasteiger partial charge in [-0.05, 0) is 192 Å². The summed E-state index contributed by atoms with van der Waals surface area (Å²) >= 11 is 0. The van der Waals surface area contributed by atoms with Gasteiger partial charge in [-0.15, -0.1) is 0 Å². The Hall–Kier alpha value is -7.16. The maximum atomic E-state index is 13.4. The Kier molecular flexibility index (Phi) is 20.0. The van der Waals surface area contributed by atoms with Gasteiger partial charge in [0, 0.05) is 164 Å². The van der Waals surface area contributed by atoms with E-state index in [1.807, 2.05) is 79.7 Å². The molecule has 8 aliphatic heterocycles. The van der Waals surface area contributed by atoms with Crippen molar-refractivity contribution in [3.05, 3.63) is 93.0 Å². The predicted molar refractivity (Wildman–Crippen MR) is 471 cm³/mol. The van der Waals surface area contributed by atoms with E-state index >= 15 is 0 Å². The summed E-state index contributed by atoms with van der Waals surface area (Å²) in [5.74, 6) is -19.7. The quantitative estimate of drug-likeness (QED) is 0.0303. The van der Waals surface area contributed by atoms with Crippen molar-refractivity contribution in [2.75, 3.05) is 109 Å². The van der Waals surface area contributed by atoms with Gasteiger partial charge in [-0.2, -0.15) is 0 Å². The molecule has 0 saturated carbocycles. The maximum Gasteiger partial charge on any atom is 0.323 e. The topological polar surface area (TPSA) is 296 Å². The van der Waals surface area contributed by atoms with Crippen molar-refractivity contribution in [3.63, 3.8) is 0 Å². The Morgan fingerprint density at radius 1 is 0.350 bits per heavy atom. The lowest BCUT2D eigenvalue weighted by molar-refractivity contribution is -0.161. The SMILES string of the molecule is [2H]C([2H])([2H])C([2H])(C([2H])([2H])[2H])[C@]([2H])(N)C(=O)OC1CC2c3cc(OC)c(OC)cc3CCN2CC1CC(C)C.[2H]C([2H])([2H])Oc1cc2c(cc1OC)C1CC(OC(=O)[C@@]([2H])(N)C([2H])(C([2H])([2H])[2H])C([2H])([2H])[2H])C(CC(C)C)CN1CC2.[2H]C([2H])([2H])Oc1cc2c(cc1OC)C1CC([2H])(OC(=O)[C@@]([2H])(N)C([2H])(C([2H])([2H])[2H])C([2H])([2H])[2H])C(CC(C)C)CN1CC2.[2H]C1(OC(=O)[C@@]([2H])(N)C([2H])(C([2H])([2H])[2H])C([2H])([2H])[2H])CC2c3cc(OC)c(OC)cc3CCN2CC1CC(C)C. The van der Waals surface area contributed by atoms with Crippen LogP contribution in [0.2, 0.25) is 0 Å². The maximum absolute atomic E-state index is 13.4. The highest BCUT2D eigenvalue weighted by Gasteiger charge is 2.47. The van der Waals surface area contributed by atoms with Gasteiger partial charge in [0.1, 0.15) is 48.4 Å². The number of piperidine rings is 4. The first-order valence-corrected chi connectivity index (χ1v) is 40.8. The molecule has 0 aromatic heterocycles. The highest BCUT2D eigenvalue weighted by Crippen LogP contribution is 2.50. The molecule has 8 N–H and O–H groups in total. The third-order valence-electron chi connectivity index (χ3n) is 23.7. The molecule has 4 fully saturated rings. The minimum absolute atomic E-state index is 0.0185. The van der Waals surface area contributed by atoms with Crippen molar-refractivity contribution in [3.8, 4) is 46.0 Å². The van der Waals surface area contributed by atoms with E-state index in [4.69, 9.17) is 132 Å². The Morgan fingerprint density at radius 3 is 0.817 bits per heavy atom. The van der Waals surface area contributed by atoms with Crippen LogP contribution in [0, 0.1) is 70.9 Å². The van der Waals surface area contributed by atoms with Gasteiger partial charge in [-0.3, -0.25) is 38.8 Å². The van der Waals surface area contributed by atoms with Crippen LogP contribution in [0.1, 0.15) is 285 Å². The third-order valence-corrected chi connectivity index (χ3v) is 23.7. The zero-order valence-electron chi connectivity index (χ0n) is 111. The Morgan fingerprint density at radius 2 is 0.575 bits per heavy atom. The molecule has 8 aliphatic rings. The zero-order chi connectivity index (χ0) is 122. The van der Waals surface area contributed by atoms with E-state index in [0.717, 1.165) is 58.3 Å². The van der Waals surface area contributed by atoms with E-state index in [0.29, 0.717) is 113 Å². The van der Waals surface area contributed by atoms with Crippen LogP contribution in [-0.2, 0) is 63.8 Å². The largest absolute Gasteiger partial charge is 0.493 e. The van der Waals surface area contributed by atoms with Crippen LogP contribution in [0.25, 0.3) is 0 Å². The minimum atomic E-state index is -3.75. The number of nitrogens with two attached hydrogens (primary N) is 4. The van der Waals surface area contributed by atoms with Crippen LogP contribution in [0.15, 0.2) is 48.5 Å². The number of benzene rings is 4. The summed E-state index contributed by atoms with van der Waals surface area (Å²) in [4.78, 5) is 62.2. The summed E-state index contributed by atoms with van der Waals surface area (Å²) in [5, 5.41) is 0. The van der Waals surface area contributed by atoms with Crippen LogP contribution >= 0.6 is 0 Å². The Bertz CT molecular complexity index is 5700. The molecule has 0 radical (unpaired) electrons. The normalized spacial score (nSPS) is 33.5. The first-order valence-electron chi connectivity index (χ1n) is 60.8. The van der Waals surface area contributed by atoms with Crippen LogP contribution < -0.4 is 60.8 Å². The molecular formula is C96H152N8O16. The van der Waals surface area contributed by atoms with Gasteiger partial charge >= 0.3 is 23.9 Å². The molecule has 12 unspecified atom stereocenters. The van der Waals surface area contributed by atoms with Crippen molar-refractivity contribution in [1.29, 1.82) is 0 Å². The second-order valence-corrected chi connectivity index (χ2v) is 33.5. The molecule has 4 aromatic carbocycles. The first-order chi connectivity index (χ1) is 72.5. The molecule has 0 spiro atoms. The fourth-order valence-electron chi connectivity index (χ4n) is 18.1. The van der Waals surface area contributed by atoms with E-state index in [1.165, 1.54) is 28.4 Å². The van der Waals surface area contributed by atoms with Crippen LogP contribution in [0.4, 0.5) is 0 Å². The van der Waals surface area contributed by atoms with Gasteiger partial charge in [0.25, 0.3) is 0 Å². The molecule has 0 aliphatic carbocycles. The number of ether oxygens (including phenoxy) is 12. The highest BCUT2D eigenvalue weighted by atomic mass is 16.6. The van der Waals surface area contributed by atoms with Crippen molar-refractivity contribution >= 4 is 23.9 Å². The fourth-order valence-corrected chi connectivity index (χ4v) is 18.1. The number of carbonyl (C=O) groups is 4. The summed E-state index contributed by atoms with van der Waals surface area (Å²) < 4.78 is 380. The summed E-state index contributed by atoms with van der Waals surface area (Å²) in [5.41, 5.74) is 30.1. The molecular weight excluding hydrogens is 1520 g/mol. The smallest absolute Gasteiger partial charge is 0.323 e. The highest BCUT2D eigenvalue weighted by molar-refractivity contribution is 5.77. The van der Waals surface area contributed by atoms with Crippen molar-refractivity contribution in [1.82, 2.24) is 19.6 Å². The van der Waals surface area contributed by atoms with Crippen LogP contribution in [0.5, 0.6) is 46.0 Å². The molecule has 12 rings (SSSR count). The monoisotopic (exact) mass is 1710 g/mol. The number of rotatable bonds is 28. The number of carbonyl (C=O) groups excluding carboxylic acids is 4. The van der Waals surface area contributed by atoms with Crippen LogP contribution in [-0.4, -0.2) is 201 Å². The predicted octanol–water partition coefficient (Wildman–Crippen LogP) is 14.3. The van der Waals surface area contributed by atoms with E-state index in [9.17, 15) is 21.9 Å². The average Bonchev–Trinajstić information content (AvgIpc) is 0.703. The zero-order valence-corrected chi connectivity index (χ0v) is 71.5. The van der Waals surface area contributed by atoms with Crippen molar-refractivity contribution in [2.24, 2.45) is 93.9 Å². The summed E-state index contributed by atoms with van der Waals surface area (Å²) in [7, 11) is 3.50. The minimum Gasteiger partial charge on any atom is -0.493 e. The summed E-state index contributed by atoms with van der Waals surface area (Å²) in [6.45, 7) is -8.80. The standard InChI is InChI=1S/4C24H38N2O4/c4*1-14(2)9-17-13-26-8-7-16-10-21(28-5)22(29-6)11-18(16)19(26)12-20(17)30-24(27)23(25)15(3)4/h4*10-11,14-15,17,19-20,23H,7-9,12-13,25H2,1-6H3/t4*17?,19?,20?,23-/m0000/s1/i3D3,4D3,5D3,15D,20D,23D;3D3,4D3,15D,20D,23D;3D3,4D3,5D3,15D,23D;3D3,4D3,15D,23D. The molecule has 8 heterocycles. The van der Waals surface area contributed by atoms with Gasteiger partial charge in [0.15, 0.2) is 46.0 Å². The van der Waals surface area contributed by atoms with E-state index in [2.05, 4.69) is 19.6 Å². The Balaban J connectivity index is 0.000000235. The lowest BCUT2D eigenvalue weighted by atomic mass is 9.79. The number of esters is 4. The van der Waals surface area contributed by atoms with Gasteiger partial charge in [-0.1, -0.05) is 110 Å². The molecule has 0 bridgehead atoms. The van der Waals surface area contributed by atoms with Crippen LogP contribution in [0.3, 0.4) is 0 Å². The molecule has 16 atom stereocenters. The first kappa shape index (κ1) is 54.6. The number of methoxy groups -OCH3 is 8. The summed E-state index contributed by atoms with van der Waals surface area (Å²) in [6, 6.07) is -1.29. The van der Waals surface area contributed by atoms with E-state index < -0.39 is 183 Å². The number of nitrogens with zero attached hydrogens (tertiary/aromatic N) is 4. The Labute approximate surface area is 774 Å². The van der Waals surface area contributed by atoms with Gasteiger partial charge in [0.2, 0.25) is 0 Å². The van der Waals surface area contributed by atoms with Gasteiger partial charge in [0.05, 0.1) is 73.2 Å². The molecule has 24 heteroatoms. The van der Waals surface area contributed by atoms with Crippen molar-refractivity contribution < 1.29 is 131 Å². The number of fused-ring (bicyclic) bond motifs is 12. The number of hydrogen-bond acceptors (Lipinski definition) is 24. The second kappa shape index (κ2) is 43.9. The van der Waals surface area contributed by atoms with Gasteiger partial charge < -0.3 is 79.8 Å². The number of hydrogen-bond donors (Lipinski definition) is 4. The third kappa shape index (κ3) is 23.8. The van der Waals surface area contributed by atoms with Gasteiger partial charge in [-0.25, -0.2) is 0 Å². The molecule has 4 aromatic rings. The average molecular weight is 1710 g/mol. The van der Waals surface area contributed by atoms with E-state index in [1.54, 1.807) is 38.5 Å². The van der Waals surface area contributed by atoms with E-state index in [-0.39, 0.29) is 102 Å². The van der Waals surface area contributed by atoms with Crippen molar-refractivity contribution in [2.45, 2.75) is 260 Å². The molecule has 120 heavy (non-hydrogen) atoms. The lowest BCUT2D eigenvalue weighted by Gasteiger charge is -2.47. The molecule has 672 valence electrons. The fraction of sp³-hybridized carbons (Fsp3) is 0.708.